The molecule has 2 N–H and O–H groups in total. The van der Waals surface area contributed by atoms with Crippen LogP contribution in [0.3, 0.4) is 0 Å². The second-order valence-electron chi connectivity index (χ2n) is 4.06. The molecule has 2 rings (SSSR count). The smallest absolute Gasteiger partial charge is 0.171 e. The Morgan fingerprint density at radius 2 is 2.24 bits per heavy atom. The van der Waals surface area contributed by atoms with Gasteiger partial charge in [0, 0.05) is 30.0 Å². The Hall–Kier alpha value is -1.33. The van der Waals surface area contributed by atoms with E-state index in [2.05, 4.69) is 21.9 Å². The van der Waals surface area contributed by atoms with Crippen LogP contribution in [0.15, 0.2) is 17.8 Å². The van der Waals surface area contributed by atoms with E-state index >= 15 is 0 Å². The zero-order chi connectivity index (χ0) is 12.3. The molecule has 2 heterocycles. The minimum Gasteiger partial charge on any atom is -0.327 e. The first-order valence-electron chi connectivity index (χ1n) is 5.68. The van der Waals surface area contributed by atoms with E-state index in [1.165, 1.54) is 0 Å². The van der Waals surface area contributed by atoms with E-state index in [0.717, 1.165) is 34.9 Å². The molecule has 0 aliphatic heterocycles. The van der Waals surface area contributed by atoms with E-state index in [0.29, 0.717) is 0 Å². The summed E-state index contributed by atoms with van der Waals surface area (Å²) in [5.74, 6) is 0.755. The highest BCUT2D eigenvalue weighted by atomic mass is 32.1. The van der Waals surface area contributed by atoms with Crippen LogP contribution in [-0.4, -0.2) is 21.0 Å². The van der Waals surface area contributed by atoms with E-state index in [-0.39, 0.29) is 6.04 Å². The number of thiazole rings is 1. The normalized spacial score (nSPS) is 12.6. The van der Waals surface area contributed by atoms with Crippen LogP contribution in [-0.2, 0) is 6.42 Å². The molecule has 0 bridgehead atoms. The van der Waals surface area contributed by atoms with Crippen molar-refractivity contribution in [1.82, 2.24) is 15.0 Å². The zero-order valence-electron chi connectivity index (χ0n) is 10.1. The van der Waals surface area contributed by atoms with Gasteiger partial charge in [0.15, 0.2) is 5.82 Å². The van der Waals surface area contributed by atoms with Gasteiger partial charge in [-0.25, -0.2) is 9.97 Å². The predicted octanol–water partition coefficient (Wildman–Crippen LogP) is 2.19. The number of nitrogens with two attached hydrogens (primary N) is 1. The fraction of sp³-hybridized carbons (Fsp3) is 0.417. The van der Waals surface area contributed by atoms with Crippen molar-refractivity contribution >= 4 is 11.3 Å². The van der Waals surface area contributed by atoms with Crippen molar-refractivity contribution in [3.8, 4) is 10.7 Å². The van der Waals surface area contributed by atoms with Crippen molar-refractivity contribution in [2.75, 3.05) is 0 Å². The Morgan fingerprint density at radius 3 is 2.88 bits per heavy atom. The van der Waals surface area contributed by atoms with Gasteiger partial charge >= 0.3 is 0 Å². The molecule has 0 fully saturated rings. The summed E-state index contributed by atoms with van der Waals surface area (Å²) in [4.78, 5) is 14.0. The second kappa shape index (κ2) is 5.33. The summed E-state index contributed by atoms with van der Waals surface area (Å²) >= 11 is 1.55. The van der Waals surface area contributed by atoms with E-state index in [1.54, 1.807) is 23.0 Å². The van der Waals surface area contributed by atoms with E-state index < -0.39 is 0 Å². The lowest BCUT2D eigenvalue weighted by Crippen LogP contribution is -2.22. The summed E-state index contributed by atoms with van der Waals surface area (Å²) < 4.78 is 0. The van der Waals surface area contributed by atoms with Crippen LogP contribution in [0, 0.1) is 6.92 Å². The molecule has 5 heteroatoms. The lowest BCUT2D eigenvalue weighted by molar-refractivity contribution is 0.635. The maximum absolute atomic E-state index is 5.95. The molecule has 0 saturated heterocycles. The third kappa shape index (κ3) is 3.08. The number of rotatable bonds is 4. The van der Waals surface area contributed by atoms with Gasteiger partial charge < -0.3 is 5.73 Å². The molecular formula is C12H16N4S. The van der Waals surface area contributed by atoms with Crippen molar-refractivity contribution < 1.29 is 0 Å². The Balaban J connectivity index is 2.30. The predicted molar refractivity (Wildman–Crippen MR) is 69.8 cm³/mol. The van der Waals surface area contributed by atoms with E-state index in [1.807, 2.05) is 13.0 Å². The van der Waals surface area contributed by atoms with Gasteiger partial charge in [-0.1, -0.05) is 6.92 Å². The SMILES string of the molecule is CCC(N)Cc1cc(C)nc(-c2cncs2)n1. The van der Waals surface area contributed by atoms with Crippen molar-refractivity contribution in [2.45, 2.75) is 32.7 Å². The lowest BCUT2D eigenvalue weighted by Gasteiger charge is -2.09. The first kappa shape index (κ1) is 12.1. The van der Waals surface area contributed by atoms with Crippen molar-refractivity contribution in [3.63, 3.8) is 0 Å². The standard InChI is InChI=1S/C12H16N4S/c1-3-9(13)5-10-4-8(2)15-12(16-10)11-6-14-7-17-11/h4,6-7,9H,3,5,13H2,1-2H3. The zero-order valence-corrected chi connectivity index (χ0v) is 10.9. The topological polar surface area (TPSA) is 64.7 Å². The molecule has 1 unspecified atom stereocenters. The highest BCUT2D eigenvalue weighted by molar-refractivity contribution is 7.13. The lowest BCUT2D eigenvalue weighted by atomic mass is 10.1. The summed E-state index contributed by atoms with van der Waals surface area (Å²) in [6.07, 6.45) is 3.55. The van der Waals surface area contributed by atoms with Gasteiger partial charge in [-0.05, 0) is 19.4 Å². The third-order valence-electron chi connectivity index (χ3n) is 2.56. The summed E-state index contributed by atoms with van der Waals surface area (Å²) in [5.41, 5.74) is 9.73. The van der Waals surface area contributed by atoms with Crippen LogP contribution in [0.2, 0.25) is 0 Å². The monoisotopic (exact) mass is 248 g/mol. The Kier molecular flexibility index (Phi) is 3.81. The molecule has 4 nitrogen and oxygen atoms in total. The van der Waals surface area contributed by atoms with Crippen LogP contribution >= 0.6 is 11.3 Å². The van der Waals surface area contributed by atoms with Gasteiger partial charge in [-0.3, -0.25) is 4.98 Å². The minimum absolute atomic E-state index is 0.165. The molecule has 0 radical (unpaired) electrons. The van der Waals surface area contributed by atoms with Gasteiger partial charge in [0.1, 0.15) is 0 Å². The Bertz CT molecular complexity index is 481. The summed E-state index contributed by atoms with van der Waals surface area (Å²) in [7, 11) is 0. The van der Waals surface area contributed by atoms with Crippen molar-refractivity contribution in [2.24, 2.45) is 5.73 Å². The fourth-order valence-electron chi connectivity index (χ4n) is 1.59. The maximum atomic E-state index is 5.95. The summed E-state index contributed by atoms with van der Waals surface area (Å²) in [5, 5.41) is 0. The highest BCUT2D eigenvalue weighted by Crippen LogP contribution is 2.20. The van der Waals surface area contributed by atoms with Crippen molar-refractivity contribution in [1.29, 1.82) is 0 Å². The number of nitrogens with zero attached hydrogens (tertiary/aromatic N) is 3. The largest absolute Gasteiger partial charge is 0.327 e. The van der Waals surface area contributed by atoms with Gasteiger partial charge in [0.25, 0.3) is 0 Å². The highest BCUT2D eigenvalue weighted by Gasteiger charge is 2.08. The van der Waals surface area contributed by atoms with Gasteiger partial charge in [-0.15, -0.1) is 11.3 Å². The van der Waals surface area contributed by atoms with Crippen LogP contribution in [0.5, 0.6) is 0 Å². The van der Waals surface area contributed by atoms with Crippen molar-refractivity contribution in [3.05, 3.63) is 29.2 Å². The number of hydrogen-bond acceptors (Lipinski definition) is 5. The average Bonchev–Trinajstić information content (AvgIpc) is 2.81. The molecule has 90 valence electrons. The van der Waals surface area contributed by atoms with E-state index in [4.69, 9.17) is 5.73 Å². The summed E-state index contributed by atoms with van der Waals surface area (Å²) in [6, 6.07) is 2.17. The van der Waals surface area contributed by atoms with Gasteiger partial charge in [-0.2, -0.15) is 0 Å². The molecule has 1 atom stereocenters. The third-order valence-corrected chi connectivity index (χ3v) is 3.32. The Morgan fingerprint density at radius 1 is 1.41 bits per heavy atom. The molecular weight excluding hydrogens is 232 g/mol. The van der Waals surface area contributed by atoms with Crippen LogP contribution in [0.4, 0.5) is 0 Å². The second-order valence-corrected chi connectivity index (χ2v) is 4.95. The molecule has 0 saturated carbocycles. The van der Waals surface area contributed by atoms with Gasteiger partial charge in [0.2, 0.25) is 0 Å². The maximum Gasteiger partial charge on any atom is 0.171 e. The van der Waals surface area contributed by atoms with Crippen LogP contribution < -0.4 is 5.73 Å². The fourth-order valence-corrected chi connectivity index (χ4v) is 2.14. The first-order valence-corrected chi connectivity index (χ1v) is 6.56. The number of aryl methyl sites for hydroxylation is 1. The molecule has 0 aliphatic carbocycles. The van der Waals surface area contributed by atoms with Gasteiger partial charge in [0.05, 0.1) is 10.4 Å². The molecule has 17 heavy (non-hydrogen) atoms. The van der Waals surface area contributed by atoms with Crippen LogP contribution in [0.1, 0.15) is 24.7 Å². The quantitative estimate of drug-likeness (QED) is 0.900. The first-order chi connectivity index (χ1) is 8.19. The Labute approximate surface area is 105 Å². The molecule has 0 aromatic carbocycles. The number of aromatic nitrogens is 3. The minimum atomic E-state index is 0.165. The van der Waals surface area contributed by atoms with E-state index in [9.17, 15) is 0 Å². The number of hydrogen-bond donors (Lipinski definition) is 1. The molecule has 0 amide bonds. The van der Waals surface area contributed by atoms with Crippen LogP contribution in [0.25, 0.3) is 10.7 Å². The molecule has 2 aromatic heterocycles. The molecule has 0 aliphatic rings. The molecule has 2 aromatic rings. The molecule has 0 spiro atoms. The average molecular weight is 248 g/mol. The summed E-state index contributed by atoms with van der Waals surface area (Å²) in [6.45, 7) is 4.07.